The van der Waals surface area contributed by atoms with Gasteiger partial charge in [0, 0.05) is 35.9 Å². The van der Waals surface area contributed by atoms with Crippen molar-refractivity contribution in [2.45, 2.75) is 39.7 Å². The van der Waals surface area contributed by atoms with Crippen LogP contribution in [0.1, 0.15) is 50.8 Å². The summed E-state index contributed by atoms with van der Waals surface area (Å²) in [6.45, 7) is 5.86. The van der Waals surface area contributed by atoms with E-state index >= 15 is 0 Å². The minimum atomic E-state index is -0.196. The monoisotopic (exact) mass is 410 g/mol. The topological polar surface area (TPSA) is 58.2 Å². The lowest BCUT2D eigenvalue weighted by Gasteiger charge is -2.40. The molecule has 2 N–H and O–H groups in total. The Labute approximate surface area is 182 Å². The van der Waals surface area contributed by atoms with Crippen LogP contribution in [0.15, 0.2) is 66.2 Å². The molecule has 0 spiro atoms. The maximum Gasteiger partial charge on any atom is 0.221 e. The highest BCUT2D eigenvalue weighted by atomic mass is 16.1. The molecule has 1 aliphatic heterocycles. The number of anilines is 2. The molecule has 0 bridgehead atoms. The summed E-state index contributed by atoms with van der Waals surface area (Å²) >= 11 is 0. The molecule has 0 unspecified atom stereocenters. The molecule has 0 aromatic heterocycles. The Kier molecular flexibility index (Phi) is 4.47. The molecular weight excluding hydrogens is 384 g/mol. The molecule has 3 aromatic carbocycles. The van der Waals surface area contributed by atoms with Crippen molar-refractivity contribution in [1.82, 2.24) is 0 Å². The van der Waals surface area contributed by atoms with Crippen molar-refractivity contribution in [1.29, 1.82) is 0 Å². The summed E-state index contributed by atoms with van der Waals surface area (Å²) in [6.07, 6.45) is 1.42. The number of fused-ring (bicyclic) bond motifs is 4. The third-order valence-electron chi connectivity index (χ3n) is 6.30. The molecule has 1 atom stereocenters. The first-order valence-electron chi connectivity index (χ1n) is 10.7. The Balaban J connectivity index is 1.69. The largest absolute Gasteiger partial charge is 0.373 e. The molecule has 5 rings (SSSR count). The molecule has 1 amide bonds. The van der Waals surface area contributed by atoms with Crippen LogP contribution < -0.4 is 10.6 Å². The minimum Gasteiger partial charge on any atom is -0.373 e. The van der Waals surface area contributed by atoms with Crippen LogP contribution in [0.4, 0.5) is 11.4 Å². The van der Waals surface area contributed by atoms with Gasteiger partial charge in [0.15, 0.2) is 5.78 Å². The number of ketones is 1. The van der Waals surface area contributed by atoms with Crippen molar-refractivity contribution in [3.63, 3.8) is 0 Å². The second-order valence-electron chi connectivity index (χ2n) is 9.42. The van der Waals surface area contributed by atoms with Gasteiger partial charge in [0.05, 0.1) is 6.04 Å². The average molecular weight is 411 g/mol. The first kappa shape index (κ1) is 19.6. The quantitative estimate of drug-likeness (QED) is 0.536. The van der Waals surface area contributed by atoms with E-state index in [0.717, 1.165) is 28.9 Å². The van der Waals surface area contributed by atoms with Gasteiger partial charge < -0.3 is 10.6 Å². The zero-order chi connectivity index (χ0) is 21.8. The Morgan fingerprint density at radius 1 is 1.00 bits per heavy atom. The van der Waals surface area contributed by atoms with Crippen molar-refractivity contribution in [2.75, 3.05) is 10.6 Å². The van der Waals surface area contributed by atoms with Gasteiger partial charge in [0.1, 0.15) is 0 Å². The Morgan fingerprint density at radius 3 is 2.48 bits per heavy atom. The fourth-order valence-electron chi connectivity index (χ4n) is 5.05. The predicted molar refractivity (Wildman–Crippen MR) is 126 cm³/mol. The van der Waals surface area contributed by atoms with E-state index < -0.39 is 0 Å². The van der Waals surface area contributed by atoms with Gasteiger partial charge in [0.25, 0.3) is 0 Å². The van der Waals surface area contributed by atoms with Crippen LogP contribution in [0.25, 0.3) is 16.3 Å². The molecule has 0 radical (unpaired) electrons. The van der Waals surface area contributed by atoms with Crippen LogP contribution in [0.5, 0.6) is 0 Å². The van der Waals surface area contributed by atoms with E-state index in [-0.39, 0.29) is 23.1 Å². The summed E-state index contributed by atoms with van der Waals surface area (Å²) in [5.74, 6) is 0.118. The van der Waals surface area contributed by atoms with E-state index in [1.807, 2.05) is 24.3 Å². The fraction of sp³-hybridized carbons (Fsp3) is 0.259. The molecule has 1 heterocycles. The van der Waals surface area contributed by atoms with Crippen LogP contribution in [0.3, 0.4) is 0 Å². The maximum absolute atomic E-state index is 13.4. The number of rotatable bonds is 2. The second-order valence-corrected chi connectivity index (χ2v) is 9.42. The number of carbonyl (C=O) groups is 2. The highest BCUT2D eigenvalue weighted by Gasteiger charge is 2.40. The van der Waals surface area contributed by atoms with Crippen molar-refractivity contribution >= 4 is 39.4 Å². The molecule has 4 heteroatoms. The molecule has 0 saturated heterocycles. The smallest absolute Gasteiger partial charge is 0.221 e. The molecule has 4 nitrogen and oxygen atoms in total. The number of benzene rings is 3. The minimum absolute atomic E-state index is 0.0682. The summed E-state index contributed by atoms with van der Waals surface area (Å²) in [7, 11) is 0. The van der Waals surface area contributed by atoms with Crippen LogP contribution in [-0.2, 0) is 9.59 Å². The Hall–Kier alpha value is -3.40. The normalized spacial score (nSPS) is 19.5. The first-order chi connectivity index (χ1) is 14.8. The molecule has 2 aliphatic rings. The van der Waals surface area contributed by atoms with E-state index in [9.17, 15) is 9.59 Å². The zero-order valence-electron chi connectivity index (χ0n) is 18.1. The molecule has 3 aromatic rings. The van der Waals surface area contributed by atoms with Gasteiger partial charge in [0.2, 0.25) is 5.91 Å². The van der Waals surface area contributed by atoms with Crippen molar-refractivity contribution in [3.8, 4) is 0 Å². The summed E-state index contributed by atoms with van der Waals surface area (Å²) in [5, 5.41) is 8.83. The number of hydrogen-bond donors (Lipinski definition) is 2. The summed E-state index contributed by atoms with van der Waals surface area (Å²) < 4.78 is 0. The molecule has 0 fully saturated rings. The van der Waals surface area contributed by atoms with E-state index in [1.54, 1.807) is 0 Å². The molecule has 1 aliphatic carbocycles. The predicted octanol–water partition coefficient (Wildman–Crippen LogP) is 6.11. The van der Waals surface area contributed by atoms with Crippen LogP contribution in [0, 0.1) is 5.41 Å². The van der Waals surface area contributed by atoms with E-state index in [2.05, 4.69) is 60.9 Å². The van der Waals surface area contributed by atoms with Crippen LogP contribution in [-0.4, -0.2) is 11.7 Å². The SMILES string of the molecule is CC(=O)Nc1ccc([C@H]2Nc3ccc4ccccc4c3C3=C2C(=O)CC(C)(C)C3)cc1. The lowest BCUT2D eigenvalue weighted by Crippen LogP contribution is -2.33. The molecule has 156 valence electrons. The lowest BCUT2D eigenvalue weighted by atomic mass is 9.68. The fourth-order valence-corrected chi connectivity index (χ4v) is 5.05. The first-order valence-corrected chi connectivity index (χ1v) is 10.7. The van der Waals surface area contributed by atoms with E-state index in [4.69, 9.17) is 0 Å². The standard InChI is InChI=1S/C27H26N2O2/c1-16(30)28-19-11-8-18(9-12-19)26-25-21(14-27(2,3)15-23(25)31)24-20-7-5-4-6-17(20)10-13-22(24)29-26/h4-13,26,29H,14-15H2,1-3H3,(H,28,30)/t26-/m1/s1. The van der Waals surface area contributed by atoms with Gasteiger partial charge >= 0.3 is 0 Å². The van der Waals surface area contributed by atoms with Gasteiger partial charge in [-0.1, -0.05) is 56.3 Å². The summed E-state index contributed by atoms with van der Waals surface area (Å²) in [6, 6.07) is 20.2. The third kappa shape index (κ3) is 3.42. The van der Waals surface area contributed by atoms with Gasteiger partial charge in [-0.3, -0.25) is 9.59 Å². The zero-order valence-corrected chi connectivity index (χ0v) is 18.1. The number of hydrogen-bond acceptors (Lipinski definition) is 3. The maximum atomic E-state index is 13.4. The number of Topliss-reactive ketones (excluding diaryl/α,β-unsaturated/α-hetero) is 1. The van der Waals surface area contributed by atoms with Gasteiger partial charge in [-0.15, -0.1) is 0 Å². The molecule has 0 saturated carbocycles. The summed E-state index contributed by atoms with van der Waals surface area (Å²) in [4.78, 5) is 24.8. The van der Waals surface area contributed by atoms with Crippen molar-refractivity contribution in [3.05, 3.63) is 77.4 Å². The highest BCUT2D eigenvalue weighted by Crippen LogP contribution is 2.52. The van der Waals surface area contributed by atoms with Gasteiger partial charge in [-0.25, -0.2) is 0 Å². The number of allylic oxidation sites excluding steroid dienone is 1. The number of amides is 1. The van der Waals surface area contributed by atoms with E-state index in [0.29, 0.717) is 6.42 Å². The highest BCUT2D eigenvalue weighted by molar-refractivity contribution is 6.12. The number of nitrogens with one attached hydrogen (secondary N) is 2. The number of carbonyl (C=O) groups excluding carboxylic acids is 2. The molecule has 31 heavy (non-hydrogen) atoms. The lowest BCUT2D eigenvalue weighted by molar-refractivity contribution is -0.118. The summed E-state index contributed by atoms with van der Waals surface area (Å²) in [5.41, 5.74) is 6.00. The van der Waals surface area contributed by atoms with Crippen molar-refractivity contribution < 1.29 is 9.59 Å². The Bertz CT molecular complexity index is 1250. The van der Waals surface area contributed by atoms with E-state index in [1.165, 1.54) is 28.8 Å². The second kappa shape index (κ2) is 7.09. The van der Waals surface area contributed by atoms with Gasteiger partial charge in [-0.05, 0) is 51.9 Å². The molecular formula is C27H26N2O2. The van der Waals surface area contributed by atoms with Crippen molar-refractivity contribution in [2.24, 2.45) is 5.41 Å². The third-order valence-corrected chi connectivity index (χ3v) is 6.30. The Morgan fingerprint density at radius 2 is 1.74 bits per heavy atom. The van der Waals surface area contributed by atoms with Crippen LogP contribution in [0.2, 0.25) is 0 Å². The van der Waals surface area contributed by atoms with Gasteiger partial charge in [-0.2, -0.15) is 0 Å². The average Bonchev–Trinajstić information content (AvgIpc) is 2.72. The van der Waals surface area contributed by atoms with Crippen LogP contribution >= 0.6 is 0 Å².